The third-order valence-corrected chi connectivity index (χ3v) is 11.1. The number of aromatic nitrogens is 1. The number of nitrogens with zero attached hydrogens (tertiary/aromatic N) is 4. The Morgan fingerprint density at radius 2 is 1.82 bits per heavy atom. The van der Waals surface area contributed by atoms with Crippen molar-refractivity contribution in [1.82, 2.24) is 14.2 Å². The van der Waals surface area contributed by atoms with Crippen LogP contribution < -0.4 is 4.90 Å². The third-order valence-electron chi connectivity index (χ3n) is 7.64. The Hall–Kier alpha value is -1.89. The van der Waals surface area contributed by atoms with Gasteiger partial charge in [-0.05, 0) is 61.7 Å². The normalized spacial score (nSPS) is 17.6. The zero-order valence-electron chi connectivity index (χ0n) is 22.2. The number of thiazole rings is 1. The monoisotopic (exact) mass is 634 g/mol. The summed E-state index contributed by atoms with van der Waals surface area (Å²) in [7, 11) is -1.95. The number of fused-ring (bicyclic) bond motifs is 1. The van der Waals surface area contributed by atoms with E-state index < -0.39 is 10.0 Å². The summed E-state index contributed by atoms with van der Waals surface area (Å²) in [6.07, 6.45) is 5.86. The second-order valence-corrected chi connectivity index (χ2v) is 14.1. The Morgan fingerprint density at radius 3 is 2.54 bits per heavy atom. The first-order valence-electron chi connectivity index (χ1n) is 13.6. The molecule has 2 heterocycles. The second-order valence-electron chi connectivity index (χ2n) is 10.2. The van der Waals surface area contributed by atoms with E-state index in [9.17, 15) is 13.2 Å². The maximum Gasteiger partial charge on any atom is 0.260 e. The molecule has 0 radical (unpaired) electrons. The van der Waals surface area contributed by atoms with Gasteiger partial charge in [0.2, 0.25) is 10.0 Å². The Bertz CT molecular complexity index is 1380. The zero-order chi connectivity index (χ0) is 27.4. The van der Waals surface area contributed by atoms with Gasteiger partial charge in [-0.2, -0.15) is 4.31 Å². The van der Waals surface area contributed by atoms with E-state index in [1.807, 2.05) is 18.2 Å². The highest BCUT2D eigenvalue weighted by atomic mass is 79.9. The quantitative estimate of drug-likeness (QED) is 0.314. The minimum absolute atomic E-state index is 0.0334. The summed E-state index contributed by atoms with van der Waals surface area (Å²) >= 11 is 5.00. The standard InChI is InChI=1S/C28H35BrN4O4S2/c1-31(23-6-3-2-4-7-23)39(35,36)24-11-8-21(9-12-24)27(34)33(15-5-14-32-16-18-37-19-17-32)28-30-25-13-10-22(29)20-26(25)38-28/h8-13,20,23H,2-7,14-19H2,1H3. The third kappa shape index (κ3) is 6.71. The van der Waals surface area contributed by atoms with E-state index in [0.717, 1.165) is 86.1 Å². The first-order valence-corrected chi connectivity index (χ1v) is 16.6. The molecule has 210 valence electrons. The second kappa shape index (κ2) is 12.7. The van der Waals surface area contributed by atoms with Crippen molar-refractivity contribution in [2.45, 2.75) is 49.5 Å². The van der Waals surface area contributed by atoms with Crippen LogP contribution in [-0.2, 0) is 14.8 Å². The number of ether oxygens (including phenoxy) is 1. The molecule has 0 spiro atoms. The lowest BCUT2D eigenvalue weighted by molar-refractivity contribution is 0.0376. The number of anilines is 1. The summed E-state index contributed by atoms with van der Waals surface area (Å²) < 4.78 is 35.5. The van der Waals surface area contributed by atoms with Crippen molar-refractivity contribution in [3.8, 4) is 0 Å². The molecular weight excluding hydrogens is 600 g/mol. The van der Waals surface area contributed by atoms with E-state index in [0.29, 0.717) is 17.2 Å². The van der Waals surface area contributed by atoms with E-state index in [1.54, 1.807) is 36.2 Å². The van der Waals surface area contributed by atoms with E-state index in [-0.39, 0.29) is 16.8 Å². The molecule has 39 heavy (non-hydrogen) atoms. The summed E-state index contributed by atoms with van der Waals surface area (Å²) in [5.41, 5.74) is 1.29. The number of benzene rings is 2. The number of halogens is 1. The highest BCUT2D eigenvalue weighted by Gasteiger charge is 2.29. The number of hydrogen-bond acceptors (Lipinski definition) is 7. The summed E-state index contributed by atoms with van der Waals surface area (Å²) in [6.45, 7) is 4.65. The molecule has 1 saturated carbocycles. The van der Waals surface area contributed by atoms with Crippen LogP contribution in [0.3, 0.4) is 0 Å². The summed E-state index contributed by atoms with van der Waals surface area (Å²) in [5, 5.41) is 0.642. The molecule has 2 aromatic carbocycles. The van der Waals surface area contributed by atoms with Gasteiger partial charge in [0.1, 0.15) is 0 Å². The molecule has 3 aromatic rings. The van der Waals surface area contributed by atoms with Crippen LogP contribution in [0.4, 0.5) is 5.13 Å². The number of carbonyl (C=O) groups is 1. The highest BCUT2D eigenvalue weighted by molar-refractivity contribution is 9.10. The van der Waals surface area contributed by atoms with Gasteiger partial charge in [-0.15, -0.1) is 0 Å². The van der Waals surface area contributed by atoms with Crippen LogP contribution in [0, 0.1) is 0 Å². The number of sulfonamides is 1. The van der Waals surface area contributed by atoms with Crippen molar-refractivity contribution in [2.24, 2.45) is 0 Å². The number of hydrogen-bond donors (Lipinski definition) is 0. The van der Waals surface area contributed by atoms with Gasteiger partial charge in [-0.3, -0.25) is 14.6 Å². The number of carbonyl (C=O) groups excluding carboxylic acids is 1. The van der Waals surface area contributed by atoms with Crippen LogP contribution in [0.2, 0.25) is 0 Å². The Labute approximate surface area is 243 Å². The molecule has 1 saturated heterocycles. The van der Waals surface area contributed by atoms with Crippen molar-refractivity contribution in [3.63, 3.8) is 0 Å². The average molecular weight is 636 g/mol. The summed E-state index contributed by atoms with van der Waals surface area (Å²) in [5.74, 6) is -0.181. The molecule has 5 rings (SSSR count). The maximum absolute atomic E-state index is 13.8. The Morgan fingerprint density at radius 1 is 1.10 bits per heavy atom. The van der Waals surface area contributed by atoms with Gasteiger partial charge < -0.3 is 4.74 Å². The van der Waals surface area contributed by atoms with Crippen LogP contribution in [0.5, 0.6) is 0 Å². The summed E-state index contributed by atoms with van der Waals surface area (Å²) in [6, 6.07) is 12.3. The van der Waals surface area contributed by atoms with Crippen LogP contribution in [0.15, 0.2) is 51.8 Å². The molecule has 1 aromatic heterocycles. The van der Waals surface area contributed by atoms with Gasteiger partial charge in [0, 0.05) is 49.3 Å². The SMILES string of the molecule is CN(C1CCCCC1)S(=O)(=O)c1ccc(C(=O)N(CCCN2CCOCC2)c2nc3ccc(Br)cc3s2)cc1. The van der Waals surface area contributed by atoms with Gasteiger partial charge in [0.15, 0.2) is 5.13 Å². The first kappa shape index (κ1) is 28.6. The van der Waals surface area contributed by atoms with Crippen molar-refractivity contribution < 1.29 is 17.9 Å². The first-order chi connectivity index (χ1) is 18.8. The van der Waals surface area contributed by atoms with Crippen molar-refractivity contribution >= 4 is 58.5 Å². The molecule has 8 nitrogen and oxygen atoms in total. The van der Waals surface area contributed by atoms with Crippen molar-refractivity contribution in [3.05, 3.63) is 52.5 Å². The lowest BCUT2D eigenvalue weighted by atomic mass is 9.96. The predicted molar refractivity (Wildman–Crippen MR) is 159 cm³/mol. The van der Waals surface area contributed by atoms with Gasteiger partial charge in [0.05, 0.1) is 28.3 Å². The molecule has 11 heteroatoms. The molecule has 2 fully saturated rings. The molecular formula is C28H35BrN4O4S2. The van der Waals surface area contributed by atoms with Crippen LogP contribution in [0.1, 0.15) is 48.9 Å². The van der Waals surface area contributed by atoms with E-state index in [2.05, 4.69) is 20.8 Å². The minimum Gasteiger partial charge on any atom is -0.379 e. The van der Waals surface area contributed by atoms with Gasteiger partial charge in [-0.25, -0.2) is 13.4 Å². The molecule has 2 aliphatic rings. The van der Waals surface area contributed by atoms with Gasteiger partial charge in [-0.1, -0.05) is 46.5 Å². The zero-order valence-corrected chi connectivity index (χ0v) is 25.4. The molecule has 1 aliphatic heterocycles. The molecule has 1 amide bonds. The predicted octanol–water partition coefficient (Wildman–Crippen LogP) is 5.38. The Kier molecular flexibility index (Phi) is 9.35. The van der Waals surface area contributed by atoms with Gasteiger partial charge in [0.25, 0.3) is 5.91 Å². The van der Waals surface area contributed by atoms with E-state index in [4.69, 9.17) is 9.72 Å². The van der Waals surface area contributed by atoms with Crippen LogP contribution in [0.25, 0.3) is 10.2 Å². The summed E-state index contributed by atoms with van der Waals surface area (Å²) in [4.78, 5) is 22.9. The van der Waals surface area contributed by atoms with E-state index >= 15 is 0 Å². The molecule has 0 N–H and O–H groups in total. The molecule has 0 unspecified atom stereocenters. The fraction of sp³-hybridized carbons (Fsp3) is 0.500. The lowest BCUT2D eigenvalue weighted by Crippen LogP contribution is -2.39. The average Bonchev–Trinajstić information content (AvgIpc) is 3.38. The van der Waals surface area contributed by atoms with Crippen LogP contribution in [-0.4, -0.2) is 81.0 Å². The largest absolute Gasteiger partial charge is 0.379 e. The number of amides is 1. The fourth-order valence-corrected chi connectivity index (χ4v) is 8.25. The molecule has 1 aliphatic carbocycles. The fourth-order valence-electron chi connectivity index (χ4n) is 5.30. The molecule has 0 atom stereocenters. The Balaban J connectivity index is 1.35. The lowest BCUT2D eigenvalue weighted by Gasteiger charge is -2.30. The number of rotatable bonds is 9. The smallest absolute Gasteiger partial charge is 0.260 e. The van der Waals surface area contributed by atoms with Crippen molar-refractivity contribution in [2.75, 3.05) is 51.3 Å². The van der Waals surface area contributed by atoms with Gasteiger partial charge >= 0.3 is 0 Å². The highest BCUT2D eigenvalue weighted by Crippen LogP contribution is 2.32. The number of morpholine rings is 1. The maximum atomic E-state index is 13.8. The van der Waals surface area contributed by atoms with Crippen LogP contribution >= 0.6 is 27.3 Å². The van der Waals surface area contributed by atoms with E-state index in [1.165, 1.54) is 15.6 Å². The minimum atomic E-state index is -3.62. The molecule has 0 bridgehead atoms. The topological polar surface area (TPSA) is 83.1 Å². The van der Waals surface area contributed by atoms with Crippen molar-refractivity contribution in [1.29, 1.82) is 0 Å².